The van der Waals surface area contributed by atoms with Crippen molar-refractivity contribution in [3.05, 3.63) is 95.1 Å². The van der Waals surface area contributed by atoms with Gasteiger partial charge in [0.15, 0.2) is 0 Å². The minimum Gasteiger partial charge on any atom is -0.352 e. The first-order valence-electron chi connectivity index (χ1n) is 14.9. The molecule has 8 heteroatoms. The standard InChI is InChI=1S/C34H43N3O4S/c1-5-32(34(39)35-29-14-10-7-11-15-29)36(23-28-12-8-6-9-13-28)33(38)24-37(30-21-26(3)20-27(4)22-30)42(40,41)31-18-16-25(2)17-19-31/h6,8-9,12-13,16-22,29,32H,5,7,10-11,14-15,23-24H2,1-4H3,(H,35,39)/t32-/m1/s1. The lowest BCUT2D eigenvalue weighted by Gasteiger charge is -2.34. The van der Waals surface area contributed by atoms with E-state index < -0.39 is 28.5 Å². The highest BCUT2D eigenvalue weighted by Crippen LogP contribution is 2.27. The van der Waals surface area contributed by atoms with Gasteiger partial charge in [0.05, 0.1) is 10.6 Å². The summed E-state index contributed by atoms with van der Waals surface area (Å²) in [6.45, 7) is 7.35. The maximum absolute atomic E-state index is 14.3. The molecular formula is C34H43N3O4S. The normalized spacial score (nSPS) is 14.7. The zero-order chi connectivity index (χ0) is 30.3. The van der Waals surface area contributed by atoms with Crippen molar-refractivity contribution in [2.75, 3.05) is 10.8 Å². The highest BCUT2D eigenvalue weighted by atomic mass is 32.2. The topological polar surface area (TPSA) is 86.8 Å². The first-order valence-corrected chi connectivity index (χ1v) is 16.3. The number of hydrogen-bond acceptors (Lipinski definition) is 4. The second-order valence-electron chi connectivity index (χ2n) is 11.4. The van der Waals surface area contributed by atoms with Crippen molar-refractivity contribution in [3.8, 4) is 0 Å². The molecule has 0 aliphatic heterocycles. The average molecular weight is 590 g/mol. The summed E-state index contributed by atoms with van der Waals surface area (Å²) < 4.78 is 29.4. The fourth-order valence-electron chi connectivity index (χ4n) is 5.70. The Balaban J connectivity index is 1.71. The number of rotatable bonds is 11. The second kappa shape index (κ2) is 14.0. The third-order valence-electron chi connectivity index (χ3n) is 7.92. The van der Waals surface area contributed by atoms with Gasteiger partial charge in [0.25, 0.3) is 10.0 Å². The quantitative estimate of drug-likeness (QED) is 0.294. The van der Waals surface area contributed by atoms with Crippen molar-refractivity contribution in [2.45, 2.75) is 89.7 Å². The van der Waals surface area contributed by atoms with Gasteiger partial charge in [-0.25, -0.2) is 8.42 Å². The zero-order valence-electron chi connectivity index (χ0n) is 25.2. The third kappa shape index (κ3) is 7.79. The van der Waals surface area contributed by atoms with Crippen LogP contribution < -0.4 is 9.62 Å². The van der Waals surface area contributed by atoms with Crippen LogP contribution in [-0.2, 0) is 26.2 Å². The smallest absolute Gasteiger partial charge is 0.264 e. The molecular weight excluding hydrogens is 546 g/mol. The van der Waals surface area contributed by atoms with Gasteiger partial charge in [0.1, 0.15) is 12.6 Å². The molecule has 0 aromatic heterocycles. The minimum absolute atomic E-state index is 0.0997. The molecule has 1 atom stereocenters. The lowest BCUT2D eigenvalue weighted by atomic mass is 9.95. The molecule has 0 heterocycles. The van der Waals surface area contributed by atoms with E-state index in [9.17, 15) is 18.0 Å². The van der Waals surface area contributed by atoms with Gasteiger partial charge in [-0.3, -0.25) is 13.9 Å². The van der Waals surface area contributed by atoms with E-state index in [0.29, 0.717) is 12.1 Å². The number of hydrogen-bond donors (Lipinski definition) is 1. The van der Waals surface area contributed by atoms with Gasteiger partial charge in [0.2, 0.25) is 11.8 Å². The van der Waals surface area contributed by atoms with Crippen molar-refractivity contribution >= 4 is 27.5 Å². The van der Waals surface area contributed by atoms with Crippen LogP contribution in [0.4, 0.5) is 5.69 Å². The largest absolute Gasteiger partial charge is 0.352 e. The maximum Gasteiger partial charge on any atom is 0.264 e. The van der Waals surface area contributed by atoms with Gasteiger partial charge in [0, 0.05) is 12.6 Å². The Morgan fingerprint density at radius 3 is 2.07 bits per heavy atom. The van der Waals surface area contributed by atoms with Crippen molar-refractivity contribution in [1.29, 1.82) is 0 Å². The fourth-order valence-corrected chi connectivity index (χ4v) is 7.10. The summed E-state index contributed by atoms with van der Waals surface area (Å²) in [7, 11) is -4.10. The highest BCUT2D eigenvalue weighted by molar-refractivity contribution is 7.92. The summed E-state index contributed by atoms with van der Waals surface area (Å²) in [4.78, 5) is 29.6. The summed E-state index contributed by atoms with van der Waals surface area (Å²) >= 11 is 0. The van der Waals surface area contributed by atoms with E-state index in [4.69, 9.17) is 0 Å². The number of sulfonamides is 1. The lowest BCUT2D eigenvalue weighted by molar-refractivity contribution is -0.140. The van der Waals surface area contributed by atoms with Crippen molar-refractivity contribution in [1.82, 2.24) is 10.2 Å². The Labute approximate surface area is 251 Å². The molecule has 7 nitrogen and oxygen atoms in total. The van der Waals surface area contributed by atoms with E-state index in [2.05, 4.69) is 5.32 Å². The number of carbonyl (C=O) groups excluding carboxylic acids is 2. The van der Waals surface area contributed by atoms with E-state index in [1.165, 1.54) is 10.7 Å². The molecule has 3 aromatic rings. The SMILES string of the molecule is CC[C@H](C(=O)NC1CCCCC1)N(Cc1ccccc1)C(=O)CN(c1cc(C)cc(C)c1)S(=O)(=O)c1ccc(C)cc1. The van der Waals surface area contributed by atoms with Crippen LogP contribution in [0.25, 0.3) is 0 Å². The molecule has 2 amide bonds. The molecule has 0 saturated heterocycles. The Morgan fingerprint density at radius 1 is 0.857 bits per heavy atom. The van der Waals surface area contributed by atoms with Crippen LogP contribution in [0.3, 0.4) is 0 Å². The summed E-state index contributed by atoms with van der Waals surface area (Å²) in [5.41, 5.74) is 4.00. The molecule has 1 aliphatic carbocycles. The number of carbonyl (C=O) groups is 2. The molecule has 4 rings (SSSR count). The molecule has 0 spiro atoms. The van der Waals surface area contributed by atoms with Crippen LogP contribution in [-0.4, -0.2) is 43.8 Å². The predicted molar refractivity (Wildman–Crippen MR) is 168 cm³/mol. The van der Waals surface area contributed by atoms with Gasteiger partial charge in [-0.15, -0.1) is 0 Å². The zero-order valence-corrected chi connectivity index (χ0v) is 26.0. The van der Waals surface area contributed by atoms with Crippen LogP contribution in [0.15, 0.2) is 77.7 Å². The van der Waals surface area contributed by atoms with E-state index >= 15 is 0 Å². The number of amides is 2. The molecule has 0 bridgehead atoms. The average Bonchev–Trinajstić information content (AvgIpc) is 2.96. The van der Waals surface area contributed by atoms with E-state index in [1.54, 1.807) is 41.3 Å². The van der Waals surface area contributed by atoms with Gasteiger partial charge < -0.3 is 10.2 Å². The van der Waals surface area contributed by atoms with E-state index in [1.807, 2.05) is 64.1 Å². The van der Waals surface area contributed by atoms with E-state index in [-0.39, 0.29) is 23.4 Å². The molecule has 1 aliphatic rings. The van der Waals surface area contributed by atoms with Crippen LogP contribution in [0.1, 0.15) is 67.7 Å². The Kier molecular flexibility index (Phi) is 10.4. The van der Waals surface area contributed by atoms with Crippen LogP contribution >= 0.6 is 0 Å². The van der Waals surface area contributed by atoms with E-state index in [0.717, 1.165) is 47.9 Å². The molecule has 3 aromatic carbocycles. The lowest BCUT2D eigenvalue weighted by Crippen LogP contribution is -2.54. The Hall–Kier alpha value is -3.65. The number of nitrogens with one attached hydrogen (secondary N) is 1. The summed E-state index contributed by atoms with van der Waals surface area (Å²) in [5, 5.41) is 3.19. The number of nitrogens with zero attached hydrogens (tertiary/aromatic N) is 2. The van der Waals surface area contributed by atoms with Crippen molar-refractivity contribution in [2.24, 2.45) is 0 Å². The molecule has 1 saturated carbocycles. The van der Waals surface area contributed by atoms with Crippen LogP contribution in [0.2, 0.25) is 0 Å². The highest BCUT2D eigenvalue weighted by Gasteiger charge is 2.34. The van der Waals surface area contributed by atoms with Gasteiger partial charge in [-0.2, -0.15) is 0 Å². The molecule has 1 fully saturated rings. The molecule has 1 N–H and O–H groups in total. The van der Waals surface area contributed by atoms with Gasteiger partial charge in [-0.05, 0) is 81.0 Å². The van der Waals surface area contributed by atoms with Crippen molar-refractivity contribution < 1.29 is 18.0 Å². The second-order valence-corrected chi connectivity index (χ2v) is 13.3. The predicted octanol–water partition coefficient (Wildman–Crippen LogP) is 6.06. The molecule has 0 radical (unpaired) electrons. The van der Waals surface area contributed by atoms with Gasteiger partial charge >= 0.3 is 0 Å². The maximum atomic E-state index is 14.3. The third-order valence-corrected chi connectivity index (χ3v) is 9.70. The van der Waals surface area contributed by atoms with Crippen LogP contribution in [0, 0.1) is 20.8 Å². The van der Waals surface area contributed by atoms with Crippen molar-refractivity contribution in [3.63, 3.8) is 0 Å². The van der Waals surface area contributed by atoms with Crippen LogP contribution in [0.5, 0.6) is 0 Å². The first-order chi connectivity index (χ1) is 20.1. The molecule has 42 heavy (non-hydrogen) atoms. The minimum atomic E-state index is -4.10. The number of benzene rings is 3. The Morgan fingerprint density at radius 2 is 1.48 bits per heavy atom. The fraction of sp³-hybridized carbons (Fsp3) is 0.412. The summed E-state index contributed by atoms with van der Waals surface area (Å²) in [6.07, 6.45) is 5.61. The summed E-state index contributed by atoms with van der Waals surface area (Å²) in [6, 6.07) is 21.0. The Bertz CT molecular complexity index is 1450. The monoisotopic (exact) mass is 589 g/mol. The molecule has 0 unspecified atom stereocenters. The van der Waals surface area contributed by atoms with Gasteiger partial charge in [-0.1, -0.05) is 80.3 Å². The summed E-state index contributed by atoms with van der Waals surface area (Å²) in [5.74, 6) is -0.618. The number of aryl methyl sites for hydroxylation is 3. The number of anilines is 1. The molecule has 224 valence electrons. The first kappa shape index (κ1) is 31.3.